The van der Waals surface area contributed by atoms with Gasteiger partial charge in [0.25, 0.3) is 0 Å². The van der Waals surface area contributed by atoms with Crippen LogP contribution in [-0.2, 0) is 10.8 Å². The van der Waals surface area contributed by atoms with Crippen LogP contribution in [0.2, 0.25) is 0 Å². The van der Waals surface area contributed by atoms with E-state index in [1.807, 2.05) is 0 Å². The third-order valence-electron chi connectivity index (χ3n) is 3.41. The van der Waals surface area contributed by atoms with E-state index in [0.717, 1.165) is 18.7 Å². The first-order chi connectivity index (χ1) is 8.41. The van der Waals surface area contributed by atoms with Gasteiger partial charge in [-0.1, -0.05) is 12.1 Å². The van der Waals surface area contributed by atoms with Crippen LogP contribution in [0.4, 0.5) is 0 Å². The zero-order valence-electron chi connectivity index (χ0n) is 12.2. The quantitative estimate of drug-likeness (QED) is 0.803. The van der Waals surface area contributed by atoms with Crippen LogP contribution in [0.25, 0.3) is 0 Å². The molecule has 1 aromatic rings. The van der Waals surface area contributed by atoms with E-state index in [1.165, 1.54) is 22.3 Å². The summed E-state index contributed by atoms with van der Waals surface area (Å²) in [5, 5.41) is 3.51. The van der Waals surface area contributed by atoms with Crippen molar-refractivity contribution in [2.45, 2.75) is 40.2 Å². The van der Waals surface area contributed by atoms with Gasteiger partial charge in [-0.3, -0.25) is 4.21 Å². The van der Waals surface area contributed by atoms with Gasteiger partial charge in [0.05, 0.1) is 0 Å². The SMILES string of the molecule is Cc1cc(C)c(C(C)NCCCS(C)=O)cc1C. The molecule has 3 heteroatoms. The number of rotatable bonds is 6. The van der Waals surface area contributed by atoms with Crippen molar-refractivity contribution in [2.75, 3.05) is 18.6 Å². The lowest BCUT2D eigenvalue weighted by Crippen LogP contribution is -2.22. The molecule has 1 rings (SSSR count). The number of benzene rings is 1. The van der Waals surface area contributed by atoms with Gasteiger partial charge in [0, 0.05) is 28.9 Å². The molecule has 2 nitrogen and oxygen atoms in total. The third-order valence-corrected chi connectivity index (χ3v) is 4.27. The molecule has 0 spiro atoms. The summed E-state index contributed by atoms with van der Waals surface area (Å²) in [4.78, 5) is 0. The van der Waals surface area contributed by atoms with E-state index in [9.17, 15) is 4.21 Å². The summed E-state index contributed by atoms with van der Waals surface area (Å²) in [6.07, 6.45) is 2.73. The molecule has 0 saturated heterocycles. The molecule has 0 amide bonds. The largest absolute Gasteiger partial charge is 0.310 e. The highest BCUT2D eigenvalue weighted by atomic mass is 32.2. The van der Waals surface area contributed by atoms with Crippen LogP contribution >= 0.6 is 0 Å². The van der Waals surface area contributed by atoms with Crippen LogP contribution < -0.4 is 5.32 Å². The van der Waals surface area contributed by atoms with Crippen molar-refractivity contribution in [1.82, 2.24) is 5.32 Å². The van der Waals surface area contributed by atoms with Crippen LogP contribution in [0.15, 0.2) is 12.1 Å². The first kappa shape index (κ1) is 15.4. The normalized spacial score (nSPS) is 14.5. The summed E-state index contributed by atoms with van der Waals surface area (Å²) < 4.78 is 11.0. The maximum absolute atomic E-state index is 11.0. The highest BCUT2D eigenvalue weighted by molar-refractivity contribution is 7.84. The van der Waals surface area contributed by atoms with Gasteiger partial charge < -0.3 is 5.32 Å². The molecule has 0 aliphatic heterocycles. The van der Waals surface area contributed by atoms with E-state index in [0.29, 0.717) is 6.04 Å². The lowest BCUT2D eigenvalue weighted by Gasteiger charge is -2.18. The molecule has 2 unspecified atom stereocenters. The molecular weight excluding hydrogens is 242 g/mol. The van der Waals surface area contributed by atoms with Gasteiger partial charge >= 0.3 is 0 Å². The maximum atomic E-state index is 11.0. The van der Waals surface area contributed by atoms with Crippen LogP contribution in [0.3, 0.4) is 0 Å². The second-order valence-corrected chi connectivity index (χ2v) is 6.65. The summed E-state index contributed by atoms with van der Waals surface area (Å²) in [5.41, 5.74) is 5.41. The molecule has 102 valence electrons. The molecule has 1 N–H and O–H groups in total. The fraction of sp³-hybridized carbons (Fsp3) is 0.600. The third kappa shape index (κ3) is 4.54. The lowest BCUT2D eigenvalue weighted by atomic mass is 9.96. The molecule has 0 fully saturated rings. The van der Waals surface area contributed by atoms with E-state index in [2.05, 4.69) is 45.1 Å². The van der Waals surface area contributed by atoms with E-state index in [-0.39, 0.29) is 0 Å². The van der Waals surface area contributed by atoms with Gasteiger partial charge in [-0.15, -0.1) is 0 Å². The summed E-state index contributed by atoms with van der Waals surface area (Å²) in [6, 6.07) is 4.89. The van der Waals surface area contributed by atoms with Gasteiger partial charge in [0.15, 0.2) is 0 Å². The van der Waals surface area contributed by atoms with Gasteiger partial charge in [0.2, 0.25) is 0 Å². The molecule has 0 saturated carbocycles. The summed E-state index contributed by atoms with van der Waals surface area (Å²) in [5.74, 6) is 0.783. The second kappa shape index (κ2) is 7.05. The highest BCUT2D eigenvalue weighted by Gasteiger charge is 2.09. The average Bonchev–Trinajstić information content (AvgIpc) is 2.28. The van der Waals surface area contributed by atoms with Gasteiger partial charge in [-0.25, -0.2) is 0 Å². The number of hydrogen-bond donors (Lipinski definition) is 1. The zero-order chi connectivity index (χ0) is 13.7. The Bertz CT molecular complexity index is 429. The minimum absolute atomic E-state index is 0.356. The Morgan fingerprint density at radius 2 is 1.78 bits per heavy atom. The highest BCUT2D eigenvalue weighted by Crippen LogP contribution is 2.21. The lowest BCUT2D eigenvalue weighted by molar-refractivity contribution is 0.568. The van der Waals surface area contributed by atoms with Crippen molar-refractivity contribution < 1.29 is 4.21 Å². The van der Waals surface area contributed by atoms with Crippen molar-refractivity contribution in [3.8, 4) is 0 Å². The summed E-state index contributed by atoms with van der Waals surface area (Å²) >= 11 is 0. The van der Waals surface area contributed by atoms with Gasteiger partial charge in [0.1, 0.15) is 0 Å². The smallest absolute Gasteiger partial charge is 0.0294 e. The number of nitrogens with one attached hydrogen (secondary N) is 1. The fourth-order valence-corrected chi connectivity index (χ4v) is 2.70. The molecule has 0 aliphatic carbocycles. The first-order valence-electron chi connectivity index (χ1n) is 6.53. The van der Waals surface area contributed by atoms with Crippen LogP contribution in [0.5, 0.6) is 0 Å². The molecule has 0 heterocycles. The van der Waals surface area contributed by atoms with E-state index in [4.69, 9.17) is 0 Å². The summed E-state index contributed by atoms with van der Waals surface area (Å²) in [6.45, 7) is 9.60. The number of hydrogen-bond acceptors (Lipinski definition) is 2. The van der Waals surface area contributed by atoms with Crippen molar-refractivity contribution >= 4 is 10.8 Å². The Morgan fingerprint density at radius 3 is 2.39 bits per heavy atom. The Morgan fingerprint density at radius 1 is 1.17 bits per heavy atom. The van der Waals surface area contributed by atoms with Crippen molar-refractivity contribution in [1.29, 1.82) is 0 Å². The molecule has 0 aromatic heterocycles. The molecular formula is C15H25NOS. The molecule has 18 heavy (non-hydrogen) atoms. The fourth-order valence-electron chi connectivity index (χ4n) is 2.15. The van der Waals surface area contributed by atoms with E-state index in [1.54, 1.807) is 6.26 Å². The van der Waals surface area contributed by atoms with E-state index >= 15 is 0 Å². The predicted octanol–water partition coefficient (Wildman–Crippen LogP) is 3.03. The second-order valence-electron chi connectivity index (χ2n) is 5.10. The maximum Gasteiger partial charge on any atom is 0.0294 e. The molecule has 0 radical (unpaired) electrons. The topological polar surface area (TPSA) is 29.1 Å². The molecule has 0 bridgehead atoms. The van der Waals surface area contributed by atoms with Gasteiger partial charge in [-0.2, -0.15) is 0 Å². The molecule has 1 aromatic carbocycles. The Labute approximate surface area is 114 Å². The van der Waals surface area contributed by atoms with Crippen LogP contribution in [-0.4, -0.2) is 22.8 Å². The Kier molecular flexibility index (Phi) is 6.03. The molecule has 2 atom stereocenters. The summed E-state index contributed by atoms with van der Waals surface area (Å²) in [7, 11) is -0.676. The minimum Gasteiger partial charge on any atom is -0.310 e. The first-order valence-corrected chi connectivity index (χ1v) is 8.25. The number of aryl methyl sites for hydroxylation is 3. The predicted molar refractivity (Wildman–Crippen MR) is 80.6 cm³/mol. The van der Waals surface area contributed by atoms with Gasteiger partial charge in [-0.05, 0) is 62.9 Å². The average molecular weight is 267 g/mol. The van der Waals surface area contributed by atoms with E-state index < -0.39 is 10.8 Å². The molecule has 0 aliphatic rings. The van der Waals surface area contributed by atoms with Crippen molar-refractivity contribution in [3.05, 3.63) is 34.4 Å². The Hall–Kier alpha value is -0.670. The monoisotopic (exact) mass is 267 g/mol. The van der Waals surface area contributed by atoms with Crippen LogP contribution in [0.1, 0.15) is 41.6 Å². The standard InChI is InChI=1S/C15H25NOS/c1-11-9-13(3)15(10-12(11)2)14(4)16-7-6-8-18(5)17/h9-10,14,16H,6-8H2,1-5H3. The zero-order valence-corrected chi connectivity index (χ0v) is 13.0. The Balaban J connectivity index is 2.58. The van der Waals surface area contributed by atoms with Crippen LogP contribution in [0, 0.1) is 20.8 Å². The van der Waals surface area contributed by atoms with Crippen molar-refractivity contribution in [3.63, 3.8) is 0 Å². The minimum atomic E-state index is -0.676. The van der Waals surface area contributed by atoms with Crippen molar-refractivity contribution in [2.24, 2.45) is 0 Å².